The number of H-pyrrole nitrogens is 1. The van der Waals surface area contributed by atoms with Gasteiger partial charge in [0.2, 0.25) is 11.7 Å². The van der Waals surface area contributed by atoms with E-state index in [1.165, 1.54) is 0 Å². The van der Waals surface area contributed by atoms with E-state index in [2.05, 4.69) is 45.5 Å². The monoisotopic (exact) mass is 347 g/mol. The molecule has 0 radical (unpaired) electrons. The summed E-state index contributed by atoms with van der Waals surface area (Å²) in [4.78, 5) is 4.67. The van der Waals surface area contributed by atoms with Gasteiger partial charge < -0.3 is 9.26 Å². The number of nitrogens with zero attached hydrogens (tertiary/aromatic N) is 4. The molecule has 0 fully saturated rings. The van der Waals surface area contributed by atoms with Crippen LogP contribution in [0.3, 0.4) is 0 Å². The highest BCUT2D eigenvalue weighted by molar-refractivity contribution is 5.79. The molecule has 5 rings (SSSR count). The van der Waals surface area contributed by atoms with Gasteiger partial charge in [-0.3, -0.25) is 0 Å². The third-order valence-electron chi connectivity index (χ3n) is 4.69. The van der Waals surface area contributed by atoms with Crippen molar-refractivity contribution in [3.63, 3.8) is 0 Å². The van der Waals surface area contributed by atoms with Crippen molar-refractivity contribution < 1.29 is 9.26 Å². The lowest BCUT2D eigenvalue weighted by atomic mass is 9.84. The second kappa shape index (κ2) is 5.39. The number of aromatic nitrogens is 5. The second-order valence-corrected chi connectivity index (χ2v) is 7.14. The standard InChI is InChI=1S/C19H17N5O2/c1-19(2)10-13(12-5-3-4-6-16(12)25-19)18-20-17(23-26-18)11-7-8-14-15(9-11)22-24-21-14/h3-9,13H,10H2,1-2H3,(H,21,22,24). The summed E-state index contributed by atoms with van der Waals surface area (Å²) >= 11 is 0. The topological polar surface area (TPSA) is 89.7 Å². The van der Waals surface area contributed by atoms with Crippen molar-refractivity contribution in [1.82, 2.24) is 25.6 Å². The molecule has 2 aromatic heterocycles. The van der Waals surface area contributed by atoms with Gasteiger partial charge in [-0.25, -0.2) is 0 Å². The van der Waals surface area contributed by atoms with Crippen LogP contribution in [-0.2, 0) is 0 Å². The summed E-state index contributed by atoms with van der Waals surface area (Å²) in [5.74, 6) is 2.03. The smallest absolute Gasteiger partial charge is 0.234 e. The third-order valence-corrected chi connectivity index (χ3v) is 4.69. The molecule has 0 saturated carbocycles. The molecular formula is C19H17N5O2. The molecule has 1 unspecified atom stereocenters. The van der Waals surface area contributed by atoms with Crippen LogP contribution in [0, 0.1) is 0 Å². The fourth-order valence-corrected chi connectivity index (χ4v) is 3.50. The zero-order chi connectivity index (χ0) is 17.7. The minimum atomic E-state index is -0.298. The maximum absolute atomic E-state index is 6.09. The van der Waals surface area contributed by atoms with E-state index < -0.39 is 0 Å². The number of aromatic amines is 1. The highest BCUT2D eigenvalue weighted by Crippen LogP contribution is 2.43. The van der Waals surface area contributed by atoms with Crippen molar-refractivity contribution in [2.24, 2.45) is 0 Å². The number of hydrogen-bond donors (Lipinski definition) is 1. The molecule has 0 spiro atoms. The molecule has 0 saturated heterocycles. The maximum atomic E-state index is 6.09. The maximum Gasteiger partial charge on any atom is 0.234 e. The number of fused-ring (bicyclic) bond motifs is 2. The molecule has 4 aromatic rings. The Labute approximate surface area is 149 Å². The van der Waals surface area contributed by atoms with Crippen LogP contribution in [0.2, 0.25) is 0 Å². The van der Waals surface area contributed by atoms with E-state index in [0.717, 1.165) is 34.3 Å². The average Bonchev–Trinajstić information content (AvgIpc) is 3.29. The SMILES string of the molecule is CC1(C)CC(c2nc(-c3ccc4n[nH]nc4c3)no2)c2ccccc2O1. The van der Waals surface area contributed by atoms with E-state index in [1.807, 2.05) is 36.4 Å². The van der Waals surface area contributed by atoms with Crippen LogP contribution >= 0.6 is 0 Å². The van der Waals surface area contributed by atoms with Crippen molar-refractivity contribution in [3.8, 4) is 17.1 Å². The molecule has 3 heterocycles. The van der Waals surface area contributed by atoms with Gasteiger partial charge in [0, 0.05) is 17.5 Å². The Hall–Kier alpha value is -3.22. The number of hydrogen-bond acceptors (Lipinski definition) is 6. The largest absolute Gasteiger partial charge is 0.488 e. The summed E-state index contributed by atoms with van der Waals surface area (Å²) in [5, 5.41) is 15.0. The van der Waals surface area contributed by atoms with E-state index in [4.69, 9.17) is 9.26 Å². The molecule has 1 N–H and O–H groups in total. The zero-order valence-electron chi connectivity index (χ0n) is 14.4. The molecule has 0 bridgehead atoms. The molecule has 1 aliphatic heterocycles. The summed E-state index contributed by atoms with van der Waals surface area (Å²) in [7, 11) is 0. The van der Waals surface area contributed by atoms with Gasteiger partial charge in [-0.2, -0.15) is 20.4 Å². The Morgan fingerprint density at radius 3 is 2.85 bits per heavy atom. The number of rotatable bonds is 2. The fourth-order valence-electron chi connectivity index (χ4n) is 3.50. The van der Waals surface area contributed by atoms with E-state index in [-0.39, 0.29) is 11.5 Å². The predicted octanol–water partition coefficient (Wildman–Crippen LogP) is 3.70. The molecule has 2 aromatic carbocycles. The summed E-state index contributed by atoms with van der Waals surface area (Å²) in [6.45, 7) is 4.15. The van der Waals surface area contributed by atoms with Crippen LogP contribution in [0.15, 0.2) is 47.0 Å². The number of para-hydroxylation sites is 1. The van der Waals surface area contributed by atoms with Crippen LogP contribution in [0.4, 0.5) is 0 Å². The summed E-state index contributed by atoms with van der Waals surface area (Å²) in [6.07, 6.45) is 0.772. The van der Waals surface area contributed by atoms with Gasteiger partial charge in [0.1, 0.15) is 22.4 Å². The van der Waals surface area contributed by atoms with Crippen LogP contribution < -0.4 is 4.74 Å². The number of nitrogens with one attached hydrogen (secondary N) is 1. The minimum Gasteiger partial charge on any atom is -0.488 e. The predicted molar refractivity (Wildman–Crippen MR) is 94.8 cm³/mol. The second-order valence-electron chi connectivity index (χ2n) is 7.14. The lowest BCUT2D eigenvalue weighted by Gasteiger charge is -2.36. The van der Waals surface area contributed by atoms with Crippen LogP contribution in [-0.4, -0.2) is 31.2 Å². The molecule has 130 valence electrons. The lowest BCUT2D eigenvalue weighted by Crippen LogP contribution is -2.35. The zero-order valence-corrected chi connectivity index (χ0v) is 14.4. The van der Waals surface area contributed by atoms with E-state index in [0.29, 0.717) is 11.7 Å². The van der Waals surface area contributed by atoms with E-state index >= 15 is 0 Å². The highest BCUT2D eigenvalue weighted by Gasteiger charge is 2.37. The molecule has 26 heavy (non-hydrogen) atoms. The van der Waals surface area contributed by atoms with Gasteiger partial charge in [-0.15, -0.1) is 0 Å². The Morgan fingerprint density at radius 1 is 1.08 bits per heavy atom. The normalized spacial score (nSPS) is 18.5. The average molecular weight is 347 g/mol. The Morgan fingerprint density at radius 2 is 1.92 bits per heavy atom. The lowest BCUT2D eigenvalue weighted by molar-refractivity contribution is 0.0725. The Balaban J connectivity index is 1.55. The van der Waals surface area contributed by atoms with Gasteiger partial charge in [0.15, 0.2) is 0 Å². The Kier molecular flexibility index (Phi) is 3.12. The molecule has 1 atom stereocenters. The number of ether oxygens (including phenoxy) is 1. The fraction of sp³-hybridized carbons (Fsp3) is 0.263. The van der Waals surface area contributed by atoms with Gasteiger partial charge in [0.25, 0.3) is 0 Å². The summed E-state index contributed by atoms with van der Waals surface area (Å²) in [5.41, 5.74) is 3.20. The first-order chi connectivity index (χ1) is 12.6. The van der Waals surface area contributed by atoms with Crippen LogP contribution in [0.1, 0.15) is 37.6 Å². The van der Waals surface area contributed by atoms with Crippen LogP contribution in [0.5, 0.6) is 5.75 Å². The van der Waals surface area contributed by atoms with Crippen molar-refractivity contribution in [3.05, 3.63) is 53.9 Å². The first-order valence-electron chi connectivity index (χ1n) is 8.51. The van der Waals surface area contributed by atoms with Gasteiger partial charge in [-0.05, 0) is 38.1 Å². The van der Waals surface area contributed by atoms with Gasteiger partial charge in [0.05, 0.1) is 5.92 Å². The third kappa shape index (κ3) is 2.44. The minimum absolute atomic E-state index is 0.00646. The first-order valence-corrected chi connectivity index (χ1v) is 8.51. The molecule has 0 amide bonds. The molecular weight excluding hydrogens is 330 g/mol. The number of benzene rings is 2. The molecule has 0 aliphatic carbocycles. The molecule has 1 aliphatic rings. The van der Waals surface area contributed by atoms with Gasteiger partial charge in [-0.1, -0.05) is 23.4 Å². The van der Waals surface area contributed by atoms with Crippen molar-refractivity contribution in [1.29, 1.82) is 0 Å². The quantitative estimate of drug-likeness (QED) is 0.595. The van der Waals surface area contributed by atoms with Crippen molar-refractivity contribution in [2.45, 2.75) is 31.8 Å². The van der Waals surface area contributed by atoms with Crippen molar-refractivity contribution >= 4 is 11.0 Å². The Bertz CT molecular complexity index is 1100. The van der Waals surface area contributed by atoms with Crippen LogP contribution in [0.25, 0.3) is 22.4 Å². The summed E-state index contributed by atoms with van der Waals surface area (Å²) < 4.78 is 11.7. The first kappa shape index (κ1) is 15.1. The molecule has 7 nitrogen and oxygen atoms in total. The summed E-state index contributed by atoms with van der Waals surface area (Å²) in [6, 6.07) is 13.7. The highest BCUT2D eigenvalue weighted by atomic mass is 16.5. The molecule has 7 heteroatoms. The van der Waals surface area contributed by atoms with Crippen molar-refractivity contribution in [2.75, 3.05) is 0 Å². The van der Waals surface area contributed by atoms with Gasteiger partial charge >= 0.3 is 0 Å². The van der Waals surface area contributed by atoms with E-state index in [1.54, 1.807) is 0 Å². The van der Waals surface area contributed by atoms with E-state index in [9.17, 15) is 0 Å².